The lowest BCUT2D eigenvalue weighted by Gasteiger charge is -2.19. The van der Waals surface area contributed by atoms with Crippen LogP contribution in [0, 0.1) is 17.5 Å². The fourth-order valence-corrected chi connectivity index (χ4v) is 2.25. The summed E-state index contributed by atoms with van der Waals surface area (Å²) in [5, 5.41) is 5.32. The number of hydrogen-bond donors (Lipinski definition) is 2. The van der Waals surface area contributed by atoms with Gasteiger partial charge in [0.05, 0.1) is 5.69 Å². The first kappa shape index (κ1) is 18.8. The molecule has 0 aliphatic carbocycles. The van der Waals surface area contributed by atoms with E-state index in [1.165, 1.54) is 0 Å². The summed E-state index contributed by atoms with van der Waals surface area (Å²) in [5.41, 5.74) is 1.67. The molecule has 134 valence electrons. The number of hydrogen-bond acceptors (Lipinski definition) is 2. The van der Waals surface area contributed by atoms with E-state index in [0.29, 0.717) is 5.69 Å². The predicted molar refractivity (Wildman–Crippen MR) is 93.2 cm³/mol. The van der Waals surface area contributed by atoms with Crippen LogP contribution in [-0.2, 0) is 10.2 Å². The van der Waals surface area contributed by atoms with Crippen molar-refractivity contribution in [3.05, 3.63) is 59.4 Å². The van der Waals surface area contributed by atoms with Gasteiger partial charge in [0.1, 0.15) is 0 Å². The van der Waals surface area contributed by atoms with Crippen LogP contribution in [0.1, 0.15) is 32.8 Å². The van der Waals surface area contributed by atoms with Gasteiger partial charge >= 0.3 is 0 Å². The zero-order chi connectivity index (χ0) is 18.6. The second-order valence-electron chi connectivity index (χ2n) is 6.78. The van der Waals surface area contributed by atoms with Gasteiger partial charge in [-0.1, -0.05) is 32.9 Å². The average molecular weight is 350 g/mol. The van der Waals surface area contributed by atoms with Gasteiger partial charge in [0.25, 0.3) is 0 Å². The van der Waals surface area contributed by atoms with E-state index in [4.69, 9.17) is 0 Å². The van der Waals surface area contributed by atoms with Crippen LogP contribution >= 0.6 is 0 Å². The van der Waals surface area contributed by atoms with Crippen LogP contribution in [0.4, 0.5) is 24.5 Å². The van der Waals surface area contributed by atoms with Gasteiger partial charge in [0.15, 0.2) is 17.5 Å². The second-order valence-corrected chi connectivity index (χ2v) is 6.78. The van der Waals surface area contributed by atoms with Crippen LogP contribution in [0.15, 0.2) is 36.4 Å². The fraction of sp³-hybridized carbons (Fsp3) is 0.316. The zero-order valence-electron chi connectivity index (χ0n) is 14.4. The molecule has 0 unspecified atom stereocenters. The second kappa shape index (κ2) is 7.59. The molecule has 0 saturated carbocycles. The minimum atomic E-state index is -1.53. The van der Waals surface area contributed by atoms with E-state index < -0.39 is 17.5 Å². The van der Waals surface area contributed by atoms with E-state index in [1.54, 1.807) is 0 Å². The van der Waals surface area contributed by atoms with E-state index in [1.807, 2.05) is 24.3 Å². The number of anilines is 2. The smallest absolute Gasteiger partial charge is 0.226 e. The molecule has 0 saturated heterocycles. The number of benzene rings is 2. The molecule has 6 heteroatoms. The Hall–Kier alpha value is -2.50. The van der Waals surface area contributed by atoms with Crippen molar-refractivity contribution in [2.45, 2.75) is 32.6 Å². The Kier molecular flexibility index (Phi) is 5.72. The molecule has 3 nitrogen and oxygen atoms in total. The summed E-state index contributed by atoms with van der Waals surface area (Å²) in [6.45, 7) is 6.39. The Balaban J connectivity index is 1.86. The molecule has 0 heterocycles. The number of nitrogens with one attached hydrogen (secondary N) is 2. The molecule has 1 amide bonds. The van der Waals surface area contributed by atoms with Crippen LogP contribution in [0.5, 0.6) is 0 Å². The Morgan fingerprint density at radius 1 is 0.960 bits per heavy atom. The molecule has 0 spiro atoms. The maximum Gasteiger partial charge on any atom is 0.226 e. The minimum absolute atomic E-state index is 0.0287. The lowest BCUT2D eigenvalue weighted by molar-refractivity contribution is -0.115. The third-order valence-electron chi connectivity index (χ3n) is 3.74. The van der Waals surface area contributed by atoms with Gasteiger partial charge in [0, 0.05) is 18.7 Å². The molecular weight excluding hydrogens is 329 g/mol. The lowest BCUT2D eigenvalue weighted by Crippen LogP contribution is -2.17. The number of carbonyl (C=O) groups excluding carboxylic acids is 1. The topological polar surface area (TPSA) is 41.1 Å². The molecule has 2 aromatic rings. The molecule has 0 aliphatic heterocycles. The van der Waals surface area contributed by atoms with Crippen LogP contribution in [0.2, 0.25) is 0 Å². The van der Waals surface area contributed by atoms with Crippen molar-refractivity contribution in [1.29, 1.82) is 0 Å². The molecule has 25 heavy (non-hydrogen) atoms. The summed E-state index contributed by atoms with van der Waals surface area (Å²) in [7, 11) is 0. The summed E-state index contributed by atoms with van der Waals surface area (Å²) in [6, 6.07) is 9.46. The van der Waals surface area contributed by atoms with Crippen molar-refractivity contribution in [3.63, 3.8) is 0 Å². The van der Waals surface area contributed by atoms with Crippen molar-refractivity contribution < 1.29 is 18.0 Å². The third kappa shape index (κ3) is 4.98. The van der Waals surface area contributed by atoms with Crippen LogP contribution in [-0.4, -0.2) is 12.5 Å². The number of carbonyl (C=O) groups is 1. The molecular formula is C19H21F3N2O. The molecule has 0 fully saturated rings. The van der Waals surface area contributed by atoms with Crippen molar-refractivity contribution in [2.24, 2.45) is 0 Å². The highest BCUT2D eigenvalue weighted by Crippen LogP contribution is 2.23. The van der Waals surface area contributed by atoms with E-state index in [-0.39, 0.29) is 30.0 Å². The number of halogens is 3. The van der Waals surface area contributed by atoms with Crippen molar-refractivity contribution in [2.75, 3.05) is 17.2 Å². The lowest BCUT2D eigenvalue weighted by atomic mass is 9.87. The highest BCUT2D eigenvalue weighted by atomic mass is 19.2. The maximum atomic E-state index is 13.5. The largest absolute Gasteiger partial charge is 0.382 e. The molecule has 0 aliphatic rings. The van der Waals surface area contributed by atoms with Crippen molar-refractivity contribution in [1.82, 2.24) is 0 Å². The highest BCUT2D eigenvalue weighted by molar-refractivity contribution is 5.91. The highest BCUT2D eigenvalue weighted by Gasteiger charge is 2.14. The Morgan fingerprint density at radius 3 is 2.20 bits per heavy atom. The first-order valence-electron chi connectivity index (χ1n) is 7.96. The van der Waals surface area contributed by atoms with E-state index in [2.05, 4.69) is 31.4 Å². The number of amides is 1. The summed E-state index contributed by atoms with van der Waals surface area (Å²) in [6.07, 6.45) is 0.0550. The van der Waals surface area contributed by atoms with E-state index >= 15 is 0 Å². The predicted octanol–water partition coefficient (Wildman–Crippen LogP) is 4.84. The average Bonchev–Trinajstić information content (AvgIpc) is 2.54. The van der Waals surface area contributed by atoms with Crippen molar-refractivity contribution in [3.8, 4) is 0 Å². The molecule has 0 bridgehead atoms. The third-order valence-corrected chi connectivity index (χ3v) is 3.74. The van der Waals surface area contributed by atoms with E-state index in [9.17, 15) is 18.0 Å². The Bertz CT molecular complexity index is 752. The minimum Gasteiger partial charge on any atom is -0.382 e. The Labute approximate surface area is 145 Å². The van der Waals surface area contributed by atoms with Crippen LogP contribution in [0.3, 0.4) is 0 Å². The summed E-state index contributed by atoms with van der Waals surface area (Å²) < 4.78 is 39.4. The van der Waals surface area contributed by atoms with Gasteiger partial charge in [-0.3, -0.25) is 4.79 Å². The molecule has 2 rings (SSSR count). The maximum absolute atomic E-state index is 13.5. The van der Waals surface area contributed by atoms with Gasteiger partial charge in [-0.15, -0.1) is 0 Å². The standard InChI is InChI=1S/C19H21F3N2O/c1-19(2,3)12-4-6-13(7-5-12)24-16(25)10-11-23-15-9-8-14(20)17(21)18(15)22/h4-9,23H,10-11H2,1-3H3,(H,24,25). The monoisotopic (exact) mass is 350 g/mol. The first-order chi connectivity index (χ1) is 11.7. The number of rotatable bonds is 5. The molecule has 0 radical (unpaired) electrons. The van der Waals surface area contributed by atoms with Crippen LogP contribution < -0.4 is 10.6 Å². The quantitative estimate of drug-likeness (QED) is 0.758. The first-order valence-corrected chi connectivity index (χ1v) is 7.96. The summed E-state index contributed by atoms with van der Waals surface area (Å²) >= 11 is 0. The molecule has 2 aromatic carbocycles. The van der Waals surface area contributed by atoms with Gasteiger partial charge in [-0.2, -0.15) is 0 Å². The normalized spacial score (nSPS) is 11.3. The van der Waals surface area contributed by atoms with Crippen LogP contribution in [0.25, 0.3) is 0 Å². The summed E-state index contributed by atoms with van der Waals surface area (Å²) in [5.74, 6) is -4.34. The molecule has 0 atom stereocenters. The molecule has 0 aromatic heterocycles. The molecule has 2 N–H and O–H groups in total. The Morgan fingerprint density at radius 2 is 1.60 bits per heavy atom. The van der Waals surface area contributed by atoms with Gasteiger partial charge in [-0.25, -0.2) is 13.2 Å². The van der Waals surface area contributed by atoms with Crippen molar-refractivity contribution >= 4 is 17.3 Å². The van der Waals surface area contributed by atoms with E-state index in [0.717, 1.165) is 17.7 Å². The van der Waals surface area contributed by atoms with Gasteiger partial charge < -0.3 is 10.6 Å². The van der Waals surface area contributed by atoms with Gasteiger partial charge in [0.2, 0.25) is 5.91 Å². The zero-order valence-corrected chi connectivity index (χ0v) is 14.4. The SMILES string of the molecule is CC(C)(C)c1ccc(NC(=O)CCNc2ccc(F)c(F)c2F)cc1. The summed E-state index contributed by atoms with van der Waals surface area (Å²) in [4.78, 5) is 11.9. The van der Waals surface area contributed by atoms with Gasteiger partial charge in [-0.05, 0) is 35.2 Å². The fourth-order valence-electron chi connectivity index (χ4n) is 2.25.